The fourth-order valence-corrected chi connectivity index (χ4v) is 4.55. The summed E-state index contributed by atoms with van der Waals surface area (Å²) < 4.78 is 0.916. The number of amides is 1. The predicted molar refractivity (Wildman–Crippen MR) is 110 cm³/mol. The molecule has 0 radical (unpaired) electrons. The second-order valence-electron chi connectivity index (χ2n) is 6.17. The number of azo groups is 1. The molecule has 2 aromatic heterocycles. The quantitative estimate of drug-likeness (QED) is 0.346. The van der Waals surface area contributed by atoms with Crippen LogP contribution in [0.15, 0.2) is 40.6 Å². The Morgan fingerprint density at radius 1 is 1.15 bits per heavy atom. The predicted octanol–water partition coefficient (Wildman–Crippen LogP) is 6.94. The van der Waals surface area contributed by atoms with E-state index in [1.165, 1.54) is 11.3 Å². The van der Waals surface area contributed by atoms with Gasteiger partial charge in [0.25, 0.3) is 0 Å². The van der Waals surface area contributed by atoms with Gasteiger partial charge in [-0.1, -0.05) is 35.3 Å². The van der Waals surface area contributed by atoms with E-state index >= 15 is 0 Å². The largest absolute Gasteiger partial charge is 0.493 e. The first-order valence-corrected chi connectivity index (χ1v) is 9.58. The van der Waals surface area contributed by atoms with E-state index in [-0.39, 0.29) is 11.6 Å². The number of aromatic hydroxyl groups is 1. The molecule has 2 aromatic carbocycles. The molecule has 136 valence electrons. The molecule has 4 rings (SSSR count). The lowest BCUT2D eigenvalue weighted by Gasteiger charge is -1.98. The third-order valence-electron chi connectivity index (χ3n) is 4.34. The first-order valence-electron chi connectivity index (χ1n) is 8.01. The number of H-pyrrole nitrogens is 1. The van der Waals surface area contributed by atoms with Crippen LogP contribution < -0.4 is 0 Å². The summed E-state index contributed by atoms with van der Waals surface area (Å²) in [7, 11) is 0. The van der Waals surface area contributed by atoms with Crippen LogP contribution in [0, 0.1) is 13.8 Å². The van der Waals surface area contributed by atoms with Crippen LogP contribution in [0.1, 0.15) is 20.8 Å². The lowest BCUT2D eigenvalue weighted by atomic mass is 10.1. The molecule has 2 N–H and O–H groups in total. The summed E-state index contributed by atoms with van der Waals surface area (Å²) >= 11 is 13.7. The fourth-order valence-electron chi connectivity index (χ4n) is 2.90. The molecule has 5 nitrogen and oxygen atoms in total. The minimum atomic E-state index is -0.557. The van der Waals surface area contributed by atoms with Gasteiger partial charge in [-0.2, -0.15) is 0 Å². The van der Waals surface area contributed by atoms with Gasteiger partial charge >= 0.3 is 5.91 Å². The second-order valence-corrected chi connectivity index (χ2v) is 8.00. The first-order chi connectivity index (χ1) is 12.9. The van der Waals surface area contributed by atoms with E-state index in [0.29, 0.717) is 25.8 Å². The molecule has 0 aliphatic heterocycles. The van der Waals surface area contributed by atoms with Crippen LogP contribution in [0.4, 0.5) is 5.69 Å². The van der Waals surface area contributed by atoms with Gasteiger partial charge in [-0.15, -0.1) is 21.6 Å². The summed E-state index contributed by atoms with van der Waals surface area (Å²) in [6, 6.07) is 9.22. The molecule has 8 heteroatoms. The van der Waals surface area contributed by atoms with E-state index in [4.69, 9.17) is 23.2 Å². The zero-order valence-corrected chi connectivity index (χ0v) is 16.6. The standard InChI is InChI=1S/C19H13Cl2N3O2S/c1-8-3-4-10-13(7-8)27-17(14(10)21)19(26)24-23-16-11-5-6-12(20)9(2)15(11)22-18(16)25/h3-7,22,25H,1-2H3. The molecule has 0 unspecified atom stereocenters. The maximum Gasteiger partial charge on any atom is 0.307 e. The van der Waals surface area contributed by atoms with E-state index in [0.717, 1.165) is 21.2 Å². The summed E-state index contributed by atoms with van der Waals surface area (Å²) in [4.78, 5) is 15.7. The Morgan fingerprint density at radius 3 is 2.67 bits per heavy atom. The minimum absolute atomic E-state index is 0.176. The molecular weight excluding hydrogens is 405 g/mol. The lowest BCUT2D eigenvalue weighted by Crippen LogP contribution is -1.89. The number of hydrogen-bond acceptors (Lipinski definition) is 4. The molecule has 0 fully saturated rings. The van der Waals surface area contributed by atoms with Gasteiger partial charge in [0.15, 0.2) is 5.69 Å². The van der Waals surface area contributed by atoms with Gasteiger partial charge in [0, 0.05) is 20.5 Å². The highest BCUT2D eigenvalue weighted by atomic mass is 35.5. The van der Waals surface area contributed by atoms with Gasteiger partial charge in [-0.05, 0) is 43.2 Å². The maximum absolute atomic E-state index is 12.5. The molecule has 1 amide bonds. The number of fused-ring (bicyclic) bond motifs is 2. The third kappa shape index (κ3) is 3.00. The van der Waals surface area contributed by atoms with Crippen molar-refractivity contribution in [3.63, 3.8) is 0 Å². The molecule has 0 spiro atoms. The summed E-state index contributed by atoms with van der Waals surface area (Å²) in [5, 5.41) is 20.3. The molecule has 0 saturated heterocycles. The van der Waals surface area contributed by atoms with Crippen molar-refractivity contribution < 1.29 is 9.90 Å². The van der Waals surface area contributed by atoms with Crippen LogP contribution >= 0.6 is 34.5 Å². The molecule has 27 heavy (non-hydrogen) atoms. The van der Waals surface area contributed by atoms with Crippen molar-refractivity contribution in [1.29, 1.82) is 0 Å². The Labute approximate surface area is 168 Å². The van der Waals surface area contributed by atoms with E-state index < -0.39 is 5.91 Å². The fraction of sp³-hybridized carbons (Fsp3) is 0.105. The zero-order valence-electron chi connectivity index (χ0n) is 14.3. The molecule has 0 atom stereocenters. The van der Waals surface area contributed by atoms with Crippen molar-refractivity contribution >= 4 is 67.1 Å². The Morgan fingerprint density at radius 2 is 1.89 bits per heavy atom. The molecular formula is C19H13Cl2N3O2S. The summed E-state index contributed by atoms with van der Waals surface area (Å²) in [5.74, 6) is -0.733. The first kappa shape index (κ1) is 18.0. The third-order valence-corrected chi connectivity index (χ3v) is 6.40. The van der Waals surface area contributed by atoms with Crippen LogP contribution in [0.25, 0.3) is 21.0 Å². The number of aromatic amines is 1. The van der Waals surface area contributed by atoms with Gasteiger partial charge in [0.05, 0.1) is 10.5 Å². The topological polar surface area (TPSA) is 77.8 Å². The Kier molecular flexibility index (Phi) is 4.42. The second kappa shape index (κ2) is 6.64. The van der Waals surface area contributed by atoms with E-state index in [1.54, 1.807) is 12.1 Å². The van der Waals surface area contributed by atoms with Crippen molar-refractivity contribution in [2.45, 2.75) is 13.8 Å². The number of thiophene rings is 1. The summed E-state index contributed by atoms with van der Waals surface area (Å²) in [6.45, 7) is 3.80. The molecule has 0 saturated carbocycles. The van der Waals surface area contributed by atoms with E-state index in [2.05, 4.69) is 15.2 Å². The number of halogens is 2. The van der Waals surface area contributed by atoms with Crippen molar-refractivity contribution in [3.05, 3.63) is 56.4 Å². The number of carbonyl (C=O) groups is 1. The molecule has 0 bridgehead atoms. The number of carbonyl (C=O) groups excluding carboxylic acids is 1. The number of hydrogen-bond donors (Lipinski definition) is 2. The number of aryl methyl sites for hydroxylation is 2. The number of nitrogens with one attached hydrogen (secondary N) is 1. The van der Waals surface area contributed by atoms with Crippen LogP contribution in [-0.2, 0) is 0 Å². The summed E-state index contributed by atoms with van der Waals surface area (Å²) in [5.41, 5.74) is 2.70. The normalized spacial score (nSPS) is 11.9. The number of benzene rings is 2. The van der Waals surface area contributed by atoms with Crippen molar-refractivity contribution in [3.8, 4) is 5.88 Å². The van der Waals surface area contributed by atoms with Gasteiger partial charge in [0.1, 0.15) is 4.88 Å². The van der Waals surface area contributed by atoms with Gasteiger partial charge in [-0.3, -0.25) is 4.79 Å². The smallest absolute Gasteiger partial charge is 0.307 e. The molecule has 4 aromatic rings. The maximum atomic E-state index is 12.5. The monoisotopic (exact) mass is 417 g/mol. The van der Waals surface area contributed by atoms with Crippen LogP contribution in [0.2, 0.25) is 10.0 Å². The summed E-state index contributed by atoms with van der Waals surface area (Å²) in [6.07, 6.45) is 0. The van der Waals surface area contributed by atoms with Gasteiger partial charge < -0.3 is 10.1 Å². The highest BCUT2D eigenvalue weighted by Crippen LogP contribution is 2.40. The average molecular weight is 418 g/mol. The molecule has 0 aliphatic rings. The number of aromatic nitrogens is 1. The van der Waals surface area contributed by atoms with Crippen molar-refractivity contribution in [2.75, 3.05) is 0 Å². The molecule has 0 aliphatic carbocycles. The minimum Gasteiger partial charge on any atom is -0.493 e. The number of rotatable bonds is 2. The Bertz CT molecular complexity index is 1260. The van der Waals surface area contributed by atoms with Crippen molar-refractivity contribution in [2.24, 2.45) is 10.2 Å². The lowest BCUT2D eigenvalue weighted by molar-refractivity contribution is 0.0999. The average Bonchev–Trinajstić information content (AvgIpc) is 3.13. The Balaban J connectivity index is 1.74. The van der Waals surface area contributed by atoms with Gasteiger partial charge in [-0.25, -0.2) is 0 Å². The van der Waals surface area contributed by atoms with Crippen molar-refractivity contribution in [1.82, 2.24) is 4.98 Å². The van der Waals surface area contributed by atoms with Gasteiger partial charge in [0.2, 0.25) is 5.88 Å². The molecule has 2 heterocycles. The SMILES string of the molecule is Cc1ccc2c(Cl)c(C(=O)N=Nc3c(O)[nH]c4c(C)c(Cl)ccc34)sc2c1. The zero-order chi connectivity index (χ0) is 19.3. The highest BCUT2D eigenvalue weighted by Gasteiger charge is 2.18. The van der Waals surface area contributed by atoms with Crippen LogP contribution in [0.5, 0.6) is 5.88 Å². The Hall–Kier alpha value is -2.41. The number of nitrogens with zero attached hydrogens (tertiary/aromatic N) is 2. The van der Waals surface area contributed by atoms with E-state index in [9.17, 15) is 9.90 Å². The highest BCUT2D eigenvalue weighted by molar-refractivity contribution is 7.21. The van der Waals surface area contributed by atoms with Crippen LogP contribution in [-0.4, -0.2) is 16.0 Å². The van der Waals surface area contributed by atoms with Crippen LogP contribution in [0.3, 0.4) is 0 Å². The van der Waals surface area contributed by atoms with E-state index in [1.807, 2.05) is 32.0 Å².